The number of carbonyl (C=O) groups excluding carboxylic acids is 1. The van der Waals surface area contributed by atoms with Crippen molar-refractivity contribution in [3.8, 4) is 5.75 Å². The number of rotatable bonds is 6. The maximum atomic E-state index is 13.2. The van der Waals surface area contributed by atoms with Crippen molar-refractivity contribution in [2.24, 2.45) is 5.92 Å². The maximum Gasteiger partial charge on any atom is 0.206 e. The lowest BCUT2D eigenvalue weighted by Crippen LogP contribution is -2.28. The normalized spacial score (nSPS) is 21.0. The number of allylic oxidation sites excluding steroid dienone is 6. The molecule has 1 aromatic carbocycles. The molecule has 7 nitrogen and oxygen atoms in total. The topological polar surface area (TPSA) is 112 Å². The minimum absolute atomic E-state index is 0.00299. The Morgan fingerprint density at radius 1 is 1.15 bits per heavy atom. The smallest absolute Gasteiger partial charge is 0.206 e. The highest BCUT2D eigenvalue weighted by Gasteiger charge is 2.31. The van der Waals surface area contributed by atoms with E-state index in [0.29, 0.717) is 47.7 Å². The van der Waals surface area contributed by atoms with Crippen LogP contribution in [0.15, 0.2) is 69.6 Å². The summed E-state index contributed by atoms with van der Waals surface area (Å²) in [6, 6.07) is 7.15. The summed E-state index contributed by atoms with van der Waals surface area (Å²) in [5.74, 6) is 0.650. The Balaban J connectivity index is 1.27. The fourth-order valence-electron chi connectivity index (χ4n) is 5.29. The first-order chi connectivity index (χ1) is 19.1. The average Bonchev–Trinajstić information content (AvgIpc) is 3.24. The zero-order valence-corrected chi connectivity index (χ0v) is 25.2. The van der Waals surface area contributed by atoms with Gasteiger partial charge in [-0.2, -0.15) is 0 Å². The molecule has 0 radical (unpaired) electrons. The van der Waals surface area contributed by atoms with E-state index in [2.05, 4.69) is 62.2 Å². The lowest BCUT2D eigenvalue weighted by atomic mass is 9.90. The molecule has 8 heteroatoms. The van der Waals surface area contributed by atoms with Crippen molar-refractivity contribution in [3.05, 3.63) is 92.1 Å². The quantitative estimate of drug-likeness (QED) is 0.239. The summed E-state index contributed by atoms with van der Waals surface area (Å²) in [6.45, 7) is 6.54. The molecule has 3 aliphatic rings. The lowest BCUT2D eigenvalue weighted by Gasteiger charge is -2.22. The Morgan fingerprint density at radius 3 is 2.62 bits per heavy atom. The van der Waals surface area contributed by atoms with Crippen molar-refractivity contribution in [1.82, 2.24) is 15.3 Å². The van der Waals surface area contributed by atoms with Crippen LogP contribution in [0.1, 0.15) is 75.0 Å². The summed E-state index contributed by atoms with van der Waals surface area (Å²) in [6.07, 6.45) is 15.0. The SMILES string of the molecule is CC(C)(C)Oc1ccc(C(=N)C(=O)C2=CCCC(c3ncnc4c3C=C(C3C=CC(I)=CC3)C4=N)NCC2)cc1. The van der Waals surface area contributed by atoms with Gasteiger partial charge in [0, 0.05) is 20.6 Å². The van der Waals surface area contributed by atoms with Crippen LogP contribution in [0.25, 0.3) is 6.08 Å². The van der Waals surface area contributed by atoms with Crippen LogP contribution in [0.3, 0.4) is 0 Å². The van der Waals surface area contributed by atoms with E-state index in [1.165, 1.54) is 3.58 Å². The van der Waals surface area contributed by atoms with E-state index in [-0.39, 0.29) is 29.1 Å². The molecule has 206 valence electrons. The predicted molar refractivity (Wildman–Crippen MR) is 168 cm³/mol. The van der Waals surface area contributed by atoms with E-state index in [4.69, 9.17) is 15.6 Å². The molecule has 3 N–H and O–H groups in total. The van der Waals surface area contributed by atoms with Crippen molar-refractivity contribution < 1.29 is 9.53 Å². The molecule has 0 saturated heterocycles. The zero-order chi connectivity index (χ0) is 28.4. The van der Waals surface area contributed by atoms with Crippen LogP contribution in [0.2, 0.25) is 0 Å². The van der Waals surface area contributed by atoms with Gasteiger partial charge in [-0.3, -0.25) is 15.6 Å². The van der Waals surface area contributed by atoms with Crippen LogP contribution >= 0.6 is 22.6 Å². The number of nitrogens with one attached hydrogen (secondary N) is 3. The molecule has 0 amide bonds. The fraction of sp³-hybridized carbons (Fsp3) is 0.344. The molecule has 0 fully saturated rings. The minimum atomic E-state index is -0.311. The second kappa shape index (κ2) is 11.7. The molecule has 0 bridgehead atoms. The summed E-state index contributed by atoms with van der Waals surface area (Å²) in [7, 11) is 0. The van der Waals surface area contributed by atoms with Crippen molar-refractivity contribution in [2.75, 3.05) is 6.54 Å². The van der Waals surface area contributed by atoms with Crippen LogP contribution in [0, 0.1) is 16.7 Å². The number of hydrogen-bond donors (Lipinski definition) is 3. The highest BCUT2D eigenvalue weighted by Crippen LogP contribution is 2.37. The minimum Gasteiger partial charge on any atom is -0.488 e. The average molecular weight is 648 g/mol. The summed E-state index contributed by atoms with van der Waals surface area (Å²) in [5, 5.41) is 20.9. The highest BCUT2D eigenvalue weighted by molar-refractivity contribution is 14.1. The molecule has 2 atom stereocenters. The van der Waals surface area contributed by atoms with Gasteiger partial charge in [-0.15, -0.1) is 0 Å². The van der Waals surface area contributed by atoms with Crippen LogP contribution in [0.4, 0.5) is 0 Å². The van der Waals surface area contributed by atoms with E-state index in [9.17, 15) is 4.79 Å². The number of nitrogens with zero attached hydrogens (tertiary/aromatic N) is 2. The number of carbonyl (C=O) groups is 1. The summed E-state index contributed by atoms with van der Waals surface area (Å²) < 4.78 is 7.08. The fourth-order valence-corrected chi connectivity index (χ4v) is 5.76. The van der Waals surface area contributed by atoms with Crippen LogP contribution in [-0.2, 0) is 4.79 Å². The predicted octanol–water partition coefficient (Wildman–Crippen LogP) is 6.69. The standard InChI is InChI=1S/C32H34IN5O2/c1-32(2,3)40-23-13-9-20(10-14-23)27(34)31(39)21-5-4-6-26(36-16-15-21)29-25-17-24(19-7-11-22(33)12-8-19)28(35)30(25)38-18-37-29/h5,7,9-14,17-19,26,34-36H,4,6,8,15-16H2,1-3H3. The zero-order valence-electron chi connectivity index (χ0n) is 23.1. The second-order valence-corrected chi connectivity index (χ2v) is 12.5. The number of Topliss-reactive ketones (excluding diaryl/α,β-unsaturated/α-hetero) is 1. The first-order valence-corrected chi connectivity index (χ1v) is 14.7. The molecule has 40 heavy (non-hydrogen) atoms. The molecule has 0 saturated carbocycles. The number of aromatic nitrogens is 2. The largest absolute Gasteiger partial charge is 0.488 e. The third-order valence-electron chi connectivity index (χ3n) is 7.24. The molecule has 1 aliphatic heterocycles. The maximum absolute atomic E-state index is 13.2. The van der Waals surface area contributed by atoms with Crippen molar-refractivity contribution in [3.63, 3.8) is 0 Å². The highest BCUT2D eigenvalue weighted by atomic mass is 127. The van der Waals surface area contributed by atoms with Crippen LogP contribution in [-0.4, -0.2) is 39.3 Å². The van der Waals surface area contributed by atoms with E-state index in [0.717, 1.165) is 29.7 Å². The van der Waals surface area contributed by atoms with Gasteiger partial charge in [-0.05, 0) is 117 Å². The molecule has 2 aliphatic carbocycles. The van der Waals surface area contributed by atoms with Crippen molar-refractivity contribution >= 4 is 45.9 Å². The third-order valence-corrected chi connectivity index (χ3v) is 8.04. The Hall–Kier alpha value is -3.24. The molecule has 2 heterocycles. The number of halogens is 1. The first-order valence-electron chi connectivity index (χ1n) is 13.7. The van der Waals surface area contributed by atoms with Gasteiger partial charge in [0.15, 0.2) is 0 Å². The number of ketones is 1. The molecule has 2 aromatic rings. The van der Waals surface area contributed by atoms with E-state index < -0.39 is 0 Å². The monoisotopic (exact) mass is 647 g/mol. The van der Waals surface area contributed by atoms with Gasteiger partial charge >= 0.3 is 0 Å². The number of benzene rings is 1. The number of hydrogen-bond acceptors (Lipinski definition) is 7. The first kappa shape index (κ1) is 28.3. The third kappa shape index (κ3) is 6.23. The van der Waals surface area contributed by atoms with Gasteiger partial charge in [0.1, 0.15) is 23.4 Å². The molecular formula is C32H34IN5O2. The van der Waals surface area contributed by atoms with Crippen molar-refractivity contribution in [2.45, 2.75) is 58.1 Å². The van der Waals surface area contributed by atoms with Gasteiger partial charge in [-0.1, -0.05) is 24.3 Å². The van der Waals surface area contributed by atoms with Crippen LogP contribution < -0.4 is 10.1 Å². The lowest BCUT2D eigenvalue weighted by molar-refractivity contribution is -0.109. The molecule has 0 spiro atoms. The van der Waals surface area contributed by atoms with Gasteiger partial charge in [-0.25, -0.2) is 9.97 Å². The number of fused-ring (bicyclic) bond motifs is 1. The summed E-state index contributed by atoms with van der Waals surface area (Å²) in [5.41, 5.74) is 4.93. The van der Waals surface area contributed by atoms with Gasteiger partial charge in [0.2, 0.25) is 5.78 Å². The molecular weight excluding hydrogens is 613 g/mol. The summed E-state index contributed by atoms with van der Waals surface area (Å²) in [4.78, 5) is 22.3. The van der Waals surface area contributed by atoms with E-state index in [1.54, 1.807) is 18.5 Å². The Morgan fingerprint density at radius 2 is 1.93 bits per heavy atom. The summed E-state index contributed by atoms with van der Waals surface area (Å²) >= 11 is 2.32. The van der Waals surface area contributed by atoms with Crippen molar-refractivity contribution in [1.29, 1.82) is 10.8 Å². The van der Waals surface area contributed by atoms with E-state index >= 15 is 0 Å². The Kier molecular flexibility index (Phi) is 8.28. The Bertz CT molecular complexity index is 1480. The van der Waals surface area contributed by atoms with Gasteiger partial charge < -0.3 is 10.1 Å². The van der Waals surface area contributed by atoms with Gasteiger partial charge in [0.05, 0.1) is 23.1 Å². The molecule has 2 unspecified atom stereocenters. The van der Waals surface area contributed by atoms with E-state index in [1.807, 2.05) is 39.0 Å². The van der Waals surface area contributed by atoms with Gasteiger partial charge in [0.25, 0.3) is 0 Å². The second-order valence-electron chi connectivity index (χ2n) is 11.3. The number of ether oxygens (including phenoxy) is 1. The molecule has 5 rings (SSSR count). The molecule has 1 aromatic heterocycles. The van der Waals surface area contributed by atoms with Crippen LogP contribution in [0.5, 0.6) is 5.75 Å². The Labute approximate surface area is 249 Å².